The fourth-order valence-corrected chi connectivity index (χ4v) is 3.31. The second-order valence-electron chi connectivity index (χ2n) is 5.65. The van der Waals surface area contributed by atoms with Crippen molar-refractivity contribution in [3.63, 3.8) is 0 Å². The van der Waals surface area contributed by atoms with Gasteiger partial charge in [-0.25, -0.2) is 0 Å². The van der Waals surface area contributed by atoms with Crippen LogP contribution in [0.15, 0.2) is 57.7 Å². The molecule has 0 radical (unpaired) electrons. The number of hydrogen-bond donors (Lipinski definition) is 0. The van der Waals surface area contributed by atoms with Crippen molar-refractivity contribution in [3.8, 4) is 22.5 Å². The van der Waals surface area contributed by atoms with Crippen molar-refractivity contribution >= 4 is 40.1 Å². The maximum Gasteiger partial charge on any atom is 1.00 e. The number of benzene rings is 3. The number of hydrogen-bond acceptors (Lipinski definition) is 5. The fourth-order valence-electron chi connectivity index (χ4n) is 2.98. The molecular weight excluding hydrogens is 437 g/mol. The van der Waals surface area contributed by atoms with Crippen molar-refractivity contribution in [1.29, 1.82) is 0 Å². The molecule has 0 atom stereocenters. The maximum absolute atomic E-state index is 11.9. The number of fused-ring (bicyclic) bond motifs is 2. The van der Waals surface area contributed by atoms with Crippen LogP contribution in [0.1, 0.15) is 10.4 Å². The first kappa shape index (κ1) is 26.2. The maximum atomic E-state index is 11.9. The molecule has 5 nitrogen and oxygen atoms in total. The summed E-state index contributed by atoms with van der Waals surface area (Å²) in [5.74, 6) is -1.03. The van der Waals surface area contributed by atoms with Crippen molar-refractivity contribution in [2.45, 2.75) is 0 Å². The van der Waals surface area contributed by atoms with E-state index in [4.69, 9.17) is 27.6 Å². The first-order valence-electron chi connectivity index (χ1n) is 7.54. The number of carboxylic acids is 1. The summed E-state index contributed by atoms with van der Waals surface area (Å²) in [4.78, 5) is 23.5. The van der Waals surface area contributed by atoms with Gasteiger partial charge in [-0.15, -0.1) is 23.7 Å². The number of rotatable bonds is 2. The molecule has 0 spiro atoms. The zero-order valence-corrected chi connectivity index (χ0v) is 21.0. The van der Waals surface area contributed by atoms with E-state index >= 15 is 0 Å². The second kappa shape index (κ2) is 10.4. The summed E-state index contributed by atoms with van der Waals surface area (Å²) in [6.45, 7) is 0. The zero-order chi connectivity index (χ0) is 18.4. The minimum atomic E-state index is -1.32. The van der Waals surface area contributed by atoms with E-state index in [-0.39, 0.29) is 86.4 Å². The molecule has 2 aromatic carbocycles. The predicted molar refractivity (Wildman–Crippen MR) is 99.7 cm³/mol. The Morgan fingerprint density at radius 2 is 1.72 bits per heavy atom. The summed E-state index contributed by atoms with van der Waals surface area (Å²) in [6, 6.07) is 15.2. The minimum absolute atomic E-state index is 0. The van der Waals surface area contributed by atoms with E-state index in [2.05, 4.69) is 6.07 Å². The smallest absolute Gasteiger partial charge is 0.870 e. The van der Waals surface area contributed by atoms with Crippen LogP contribution in [0.3, 0.4) is 0 Å². The van der Waals surface area contributed by atoms with Gasteiger partial charge in [0.1, 0.15) is 5.76 Å². The Morgan fingerprint density at radius 1 is 1.03 bits per heavy atom. The van der Waals surface area contributed by atoms with Crippen LogP contribution in [0.25, 0.3) is 33.4 Å². The van der Waals surface area contributed by atoms with E-state index in [1.165, 1.54) is 18.2 Å². The van der Waals surface area contributed by atoms with Crippen LogP contribution in [0.2, 0.25) is 10.0 Å². The minimum Gasteiger partial charge on any atom is -0.870 e. The summed E-state index contributed by atoms with van der Waals surface area (Å²) in [7, 11) is 0. The van der Waals surface area contributed by atoms with Crippen molar-refractivity contribution < 1.29 is 78.9 Å². The summed E-state index contributed by atoms with van der Waals surface area (Å²) < 4.78 is 5.79. The number of carbonyl (C=O) groups is 1. The quantitative estimate of drug-likeness (QED) is 0.199. The average molecular weight is 446 g/mol. The molecule has 0 bridgehead atoms. The van der Waals surface area contributed by atoms with Gasteiger partial charge < -0.3 is 19.8 Å². The standard InChI is InChI=1S/C20H9Cl2O4.2Na.H2O/c21-10-5-6-17-13(7-10)19(11-3-1-2-4-12(11)20(24)25)14-8-15(22)16(23)9-18(14)26-17;;;/h1-4,6-9H,(H,24,25);;;1H2/q-1;2*+1;/p-2. The van der Waals surface area contributed by atoms with Crippen LogP contribution >= 0.6 is 23.2 Å². The van der Waals surface area contributed by atoms with Crippen LogP contribution in [0, 0.1) is 6.07 Å². The number of halogens is 2. The molecule has 1 aliphatic heterocycles. The van der Waals surface area contributed by atoms with E-state index in [0.717, 1.165) is 0 Å². The third-order valence-electron chi connectivity index (χ3n) is 4.09. The van der Waals surface area contributed by atoms with Gasteiger partial charge in [-0.3, -0.25) is 4.79 Å². The van der Waals surface area contributed by atoms with Crippen LogP contribution in [0.4, 0.5) is 0 Å². The van der Waals surface area contributed by atoms with Gasteiger partial charge in [0.05, 0.1) is 11.0 Å². The van der Waals surface area contributed by atoms with Gasteiger partial charge in [0.25, 0.3) is 0 Å². The van der Waals surface area contributed by atoms with E-state index in [9.17, 15) is 14.7 Å². The van der Waals surface area contributed by atoms with Gasteiger partial charge in [0.15, 0.2) is 0 Å². The van der Waals surface area contributed by atoms with Crippen molar-refractivity contribution in [2.24, 2.45) is 0 Å². The molecule has 0 fully saturated rings. The summed E-state index contributed by atoms with van der Waals surface area (Å²) >= 11 is 12.1. The topological polar surface area (TPSA) is 100 Å². The molecule has 29 heavy (non-hydrogen) atoms. The van der Waals surface area contributed by atoms with E-state index in [0.29, 0.717) is 32.7 Å². The largest absolute Gasteiger partial charge is 1.00 e. The molecule has 0 aromatic heterocycles. The van der Waals surface area contributed by atoms with Gasteiger partial charge in [0, 0.05) is 22.8 Å². The summed E-state index contributed by atoms with van der Waals surface area (Å²) in [6.07, 6.45) is 0. The Kier molecular flexibility index (Phi) is 9.43. The molecule has 9 heteroatoms. The van der Waals surface area contributed by atoms with Crippen LogP contribution in [-0.2, 0) is 0 Å². The molecule has 0 saturated carbocycles. The SMILES string of the molecule is O=C([O-])c1ccccc1-c1c2cc(Cl)c(=O)cc-2oc2c[c-]c(Cl)cc12.[Na+].[Na+].[OH-]. The van der Waals surface area contributed by atoms with E-state index in [1.807, 2.05) is 0 Å². The number of aromatic carboxylic acids is 1. The molecule has 136 valence electrons. The Morgan fingerprint density at radius 3 is 2.41 bits per heavy atom. The van der Waals surface area contributed by atoms with Gasteiger partial charge in [-0.2, -0.15) is 6.07 Å². The van der Waals surface area contributed by atoms with Gasteiger partial charge >= 0.3 is 59.1 Å². The molecule has 1 heterocycles. The van der Waals surface area contributed by atoms with Gasteiger partial charge in [0.2, 0.25) is 5.43 Å². The normalized spacial score (nSPS) is 10.0. The molecule has 2 aromatic rings. The molecule has 1 N–H and O–H groups in total. The molecule has 0 amide bonds. The van der Waals surface area contributed by atoms with E-state index < -0.39 is 5.97 Å². The molecule has 2 aliphatic rings. The van der Waals surface area contributed by atoms with E-state index in [1.54, 1.807) is 30.3 Å². The van der Waals surface area contributed by atoms with Crippen LogP contribution in [-0.4, -0.2) is 11.4 Å². The molecule has 0 unspecified atom stereocenters. The zero-order valence-electron chi connectivity index (χ0n) is 15.5. The molecule has 0 saturated heterocycles. The number of carboxylic acid groups (broad SMARTS) is 1. The second-order valence-corrected chi connectivity index (χ2v) is 6.46. The van der Waals surface area contributed by atoms with Gasteiger partial charge in [-0.05, 0) is 17.2 Å². The molecular formula is C20H9Cl2Na2O5-. The van der Waals surface area contributed by atoms with Crippen LogP contribution < -0.4 is 69.6 Å². The molecule has 4 rings (SSSR count). The molecule has 1 aliphatic carbocycles. The number of carbonyl (C=O) groups excluding carboxylic acids is 1. The first-order valence-corrected chi connectivity index (χ1v) is 8.29. The first-order chi connectivity index (χ1) is 12.5. The average Bonchev–Trinajstić information content (AvgIpc) is 2.61. The third kappa shape index (κ3) is 4.90. The Hall–Kier alpha value is -0.860. The summed E-state index contributed by atoms with van der Waals surface area (Å²) in [5, 5.41) is 12.5. The van der Waals surface area contributed by atoms with Crippen molar-refractivity contribution in [2.75, 3.05) is 0 Å². The fraction of sp³-hybridized carbons (Fsp3) is 0. The van der Waals surface area contributed by atoms with Crippen molar-refractivity contribution in [3.05, 3.63) is 80.4 Å². The van der Waals surface area contributed by atoms with Crippen molar-refractivity contribution in [1.82, 2.24) is 0 Å². The Labute approximate surface area is 219 Å². The van der Waals surface area contributed by atoms with Crippen LogP contribution in [0.5, 0.6) is 0 Å². The summed E-state index contributed by atoms with van der Waals surface area (Å²) in [5.41, 5.74) is 1.48. The monoisotopic (exact) mass is 445 g/mol. The third-order valence-corrected chi connectivity index (χ3v) is 4.60. The Balaban J connectivity index is 0.00000140. The predicted octanol–water partition coefficient (Wildman–Crippen LogP) is -2.13. The van der Waals surface area contributed by atoms with Gasteiger partial charge in [-0.1, -0.05) is 46.3 Å². The Bertz CT molecular complexity index is 1220.